The number of carbonyl (C=O) groups excluding carboxylic acids is 1. The predicted molar refractivity (Wildman–Crippen MR) is 68.8 cm³/mol. The highest BCUT2D eigenvalue weighted by Crippen LogP contribution is 2.21. The molecular weight excluding hydrogens is 216 g/mol. The van der Waals surface area contributed by atoms with Crippen LogP contribution in [0.1, 0.15) is 53.4 Å². The van der Waals surface area contributed by atoms with Crippen LogP contribution in [0.3, 0.4) is 0 Å². The first-order chi connectivity index (χ1) is 7.93. The van der Waals surface area contributed by atoms with E-state index in [2.05, 4.69) is 0 Å². The number of ether oxygens (including phenoxy) is 1. The summed E-state index contributed by atoms with van der Waals surface area (Å²) in [6.07, 6.45) is 3.79. The Balaban J connectivity index is 2.56. The Kier molecular flexibility index (Phi) is 5.25. The van der Waals surface area contributed by atoms with Gasteiger partial charge in [0, 0.05) is 18.1 Å². The van der Waals surface area contributed by atoms with Crippen molar-refractivity contribution in [2.75, 3.05) is 0 Å². The van der Waals surface area contributed by atoms with Crippen LogP contribution in [0.5, 0.6) is 0 Å². The van der Waals surface area contributed by atoms with E-state index in [0.717, 1.165) is 25.7 Å². The van der Waals surface area contributed by atoms with Gasteiger partial charge in [0.25, 0.3) is 0 Å². The van der Waals surface area contributed by atoms with Gasteiger partial charge in [-0.2, -0.15) is 0 Å². The molecule has 1 aliphatic carbocycles. The number of amides is 1. The van der Waals surface area contributed by atoms with Crippen molar-refractivity contribution < 1.29 is 9.53 Å². The predicted octanol–water partition coefficient (Wildman–Crippen LogP) is 2.51. The van der Waals surface area contributed by atoms with Crippen LogP contribution in [0, 0.1) is 0 Å². The topological polar surface area (TPSA) is 55.6 Å². The minimum Gasteiger partial charge on any atom is -0.444 e. The molecule has 0 heterocycles. The lowest BCUT2D eigenvalue weighted by Gasteiger charge is -2.34. The molecule has 4 nitrogen and oxygen atoms in total. The van der Waals surface area contributed by atoms with Gasteiger partial charge in [0.2, 0.25) is 0 Å². The molecule has 0 spiro atoms. The Bertz CT molecular complexity index is 246. The van der Waals surface area contributed by atoms with E-state index in [-0.39, 0.29) is 30.3 Å². The second-order valence-corrected chi connectivity index (χ2v) is 5.47. The summed E-state index contributed by atoms with van der Waals surface area (Å²) in [6.45, 7) is 8.01. The molecule has 2 atom stereocenters. The van der Waals surface area contributed by atoms with Crippen molar-refractivity contribution >= 4 is 6.09 Å². The highest BCUT2D eigenvalue weighted by molar-refractivity contribution is 5.68. The standard InChI is InChI=1S/C13H26N2O2/c1-9(2)15(10(3)4)13(16)17-12-8-6-5-7-11(12)14/h9-12H,5-8,14H2,1-4H3/t11-,12-/m1/s1. The third-order valence-electron chi connectivity index (χ3n) is 3.33. The van der Waals surface area contributed by atoms with E-state index < -0.39 is 0 Å². The third-order valence-corrected chi connectivity index (χ3v) is 3.33. The van der Waals surface area contributed by atoms with Crippen LogP contribution in [0.4, 0.5) is 4.79 Å². The summed E-state index contributed by atoms with van der Waals surface area (Å²) in [5, 5.41) is 0. The summed E-state index contributed by atoms with van der Waals surface area (Å²) < 4.78 is 5.55. The Labute approximate surface area is 104 Å². The van der Waals surface area contributed by atoms with Crippen LogP contribution in [0.15, 0.2) is 0 Å². The summed E-state index contributed by atoms with van der Waals surface area (Å²) >= 11 is 0. The fourth-order valence-corrected chi connectivity index (χ4v) is 2.48. The van der Waals surface area contributed by atoms with Gasteiger partial charge in [-0.15, -0.1) is 0 Å². The molecule has 2 N–H and O–H groups in total. The molecule has 0 unspecified atom stereocenters. The number of nitrogens with zero attached hydrogens (tertiary/aromatic N) is 1. The first-order valence-electron chi connectivity index (χ1n) is 6.68. The molecule has 4 heteroatoms. The van der Waals surface area contributed by atoms with Crippen LogP contribution in [-0.4, -0.2) is 35.2 Å². The zero-order chi connectivity index (χ0) is 13.0. The minimum atomic E-state index is -0.225. The third kappa shape index (κ3) is 3.87. The molecule has 100 valence electrons. The molecule has 0 bridgehead atoms. The minimum absolute atomic E-state index is 0.00822. The highest BCUT2D eigenvalue weighted by Gasteiger charge is 2.29. The van der Waals surface area contributed by atoms with Gasteiger partial charge in [0.15, 0.2) is 0 Å². The lowest BCUT2D eigenvalue weighted by molar-refractivity contribution is 0.0228. The number of hydrogen-bond acceptors (Lipinski definition) is 3. The fourth-order valence-electron chi connectivity index (χ4n) is 2.48. The van der Waals surface area contributed by atoms with Gasteiger partial charge in [-0.3, -0.25) is 0 Å². The molecule has 0 aromatic rings. The van der Waals surface area contributed by atoms with Crippen molar-refractivity contribution in [2.24, 2.45) is 5.73 Å². The molecule has 0 saturated heterocycles. The Morgan fingerprint density at radius 3 is 2.18 bits per heavy atom. The van der Waals surface area contributed by atoms with Gasteiger partial charge in [-0.1, -0.05) is 6.42 Å². The van der Waals surface area contributed by atoms with Crippen molar-refractivity contribution in [3.8, 4) is 0 Å². The Morgan fingerprint density at radius 1 is 1.18 bits per heavy atom. The molecular formula is C13H26N2O2. The van der Waals surface area contributed by atoms with E-state index in [0.29, 0.717) is 0 Å². The molecule has 1 saturated carbocycles. The van der Waals surface area contributed by atoms with Gasteiger partial charge in [0.1, 0.15) is 6.10 Å². The maximum absolute atomic E-state index is 12.1. The molecule has 17 heavy (non-hydrogen) atoms. The van der Waals surface area contributed by atoms with Crippen molar-refractivity contribution in [2.45, 2.75) is 77.6 Å². The van der Waals surface area contributed by atoms with E-state index >= 15 is 0 Å². The summed E-state index contributed by atoms with van der Waals surface area (Å²) in [5.74, 6) is 0. The van der Waals surface area contributed by atoms with Crippen molar-refractivity contribution in [3.05, 3.63) is 0 Å². The summed E-state index contributed by atoms with van der Waals surface area (Å²) in [6, 6.07) is 0.318. The average molecular weight is 242 g/mol. The van der Waals surface area contributed by atoms with Gasteiger partial charge in [-0.05, 0) is 47.0 Å². The molecule has 0 aromatic carbocycles. The van der Waals surface area contributed by atoms with E-state index in [1.807, 2.05) is 27.7 Å². The SMILES string of the molecule is CC(C)N(C(=O)O[C@@H]1CCCC[C@H]1N)C(C)C. The second kappa shape index (κ2) is 6.24. The number of hydrogen-bond donors (Lipinski definition) is 1. The largest absolute Gasteiger partial charge is 0.444 e. The van der Waals surface area contributed by atoms with Crippen LogP contribution >= 0.6 is 0 Å². The van der Waals surface area contributed by atoms with Gasteiger partial charge in [-0.25, -0.2) is 4.79 Å². The zero-order valence-corrected chi connectivity index (χ0v) is 11.5. The maximum Gasteiger partial charge on any atom is 0.410 e. The molecule has 0 aliphatic heterocycles. The smallest absolute Gasteiger partial charge is 0.410 e. The molecule has 0 radical (unpaired) electrons. The lowest BCUT2D eigenvalue weighted by Crippen LogP contribution is -2.47. The quantitative estimate of drug-likeness (QED) is 0.827. The Morgan fingerprint density at radius 2 is 1.71 bits per heavy atom. The van der Waals surface area contributed by atoms with Crippen molar-refractivity contribution in [1.29, 1.82) is 0 Å². The average Bonchev–Trinajstić information content (AvgIpc) is 2.20. The maximum atomic E-state index is 12.1. The Hall–Kier alpha value is -0.770. The second-order valence-electron chi connectivity index (χ2n) is 5.47. The summed E-state index contributed by atoms with van der Waals surface area (Å²) in [7, 11) is 0. The molecule has 1 amide bonds. The zero-order valence-electron chi connectivity index (χ0n) is 11.5. The van der Waals surface area contributed by atoms with Gasteiger partial charge >= 0.3 is 6.09 Å². The van der Waals surface area contributed by atoms with E-state index in [1.54, 1.807) is 4.90 Å². The van der Waals surface area contributed by atoms with Crippen LogP contribution < -0.4 is 5.73 Å². The van der Waals surface area contributed by atoms with E-state index in [9.17, 15) is 4.79 Å². The van der Waals surface area contributed by atoms with Crippen LogP contribution in [0.2, 0.25) is 0 Å². The highest BCUT2D eigenvalue weighted by atomic mass is 16.6. The molecule has 1 aliphatic rings. The van der Waals surface area contributed by atoms with Gasteiger partial charge in [0.05, 0.1) is 0 Å². The van der Waals surface area contributed by atoms with Crippen LogP contribution in [0.25, 0.3) is 0 Å². The first kappa shape index (κ1) is 14.3. The van der Waals surface area contributed by atoms with Crippen LogP contribution in [-0.2, 0) is 4.74 Å². The van der Waals surface area contributed by atoms with Crippen molar-refractivity contribution in [3.63, 3.8) is 0 Å². The molecule has 0 aromatic heterocycles. The molecule has 1 rings (SSSR count). The molecule has 1 fully saturated rings. The first-order valence-corrected chi connectivity index (χ1v) is 6.68. The van der Waals surface area contributed by atoms with E-state index in [1.165, 1.54) is 0 Å². The monoisotopic (exact) mass is 242 g/mol. The van der Waals surface area contributed by atoms with Gasteiger partial charge < -0.3 is 15.4 Å². The van der Waals surface area contributed by atoms with E-state index in [4.69, 9.17) is 10.5 Å². The normalized spacial score (nSPS) is 25.1. The number of rotatable bonds is 3. The lowest BCUT2D eigenvalue weighted by atomic mass is 9.93. The number of carbonyl (C=O) groups is 1. The van der Waals surface area contributed by atoms with Crippen molar-refractivity contribution in [1.82, 2.24) is 4.90 Å². The summed E-state index contributed by atoms with van der Waals surface area (Å²) in [5.41, 5.74) is 5.98. The summed E-state index contributed by atoms with van der Waals surface area (Å²) in [4.78, 5) is 13.9. The fraction of sp³-hybridized carbons (Fsp3) is 0.923. The number of nitrogens with two attached hydrogens (primary N) is 1.